The summed E-state index contributed by atoms with van der Waals surface area (Å²) >= 11 is 1.06. The lowest BCUT2D eigenvalue weighted by atomic mass is 10.2. The van der Waals surface area contributed by atoms with Gasteiger partial charge >= 0.3 is 11.6 Å². The fourth-order valence-corrected chi connectivity index (χ4v) is 3.12. The van der Waals surface area contributed by atoms with Crippen molar-refractivity contribution in [2.75, 3.05) is 5.32 Å². The van der Waals surface area contributed by atoms with E-state index in [0.29, 0.717) is 21.5 Å². The van der Waals surface area contributed by atoms with E-state index in [1.54, 1.807) is 31.2 Å². The Bertz CT molecular complexity index is 1010. The second-order valence-electron chi connectivity index (χ2n) is 5.04. The van der Waals surface area contributed by atoms with Crippen LogP contribution < -0.4 is 10.9 Å². The third-order valence-electron chi connectivity index (χ3n) is 3.31. The number of aryl methyl sites for hydroxylation is 1. The second kappa shape index (κ2) is 6.25. The molecule has 0 unspecified atom stereocenters. The highest BCUT2D eigenvalue weighted by molar-refractivity contribution is 7.16. The van der Waals surface area contributed by atoms with E-state index in [9.17, 15) is 14.4 Å². The van der Waals surface area contributed by atoms with E-state index >= 15 is 0 Å². The van der Waals surface area contributed by atoms with E-state index in [-0.39, 0.29) is 17.1 Å². The fourth-order valence-electron chi connectivity index (χ4n) is 2.17. The maximum atomic E-state index is 12.3. The number of anilines is 1. The topological polar surface area (TPSA) is 110 Å². The van der Waals surface area contributed by atoms with Gasteiger partial charge in [0.25, 0.3) is 5.91 Å². The number of carbonyl (C=O) groups excluding carboxylic acids is 1. The normalized spacial score (nSPS) is 10.7. The molecule has 0 spiro atoms. The number of para-hydroxylation sites is 1. The van der Waals surface area contributed by atoms with Crippen LogP contribution >= 0.6 is 11.3 Å². The van der Waals surface area contributed by atoms with Crippen LogP contribution in [0.15, 0.2) is 39.5 Å². The number of aromatic nitrogens is 1. The molecule has 1 aromatic carbocycles. The van der Waals surface area contributed by atoms with Gasteiger partial charge in [-0.25, -0.2) is 9.78 Å². The predicted molar refractivity (Wildman–Crippen MR) is 88.6 cm³/mol. The van der Waals surface area contributed by atoms with Gasteiger partial charge in [-0.2, -0.15) is 0 Å². The van der Waals surface area contributed by atoms with Gasteiger partial charge in [0, 0.05) is 10.3 Å². The molecule has 0 aliphatic rings. The molecular weight excluding hydrogens is 332 g/mol. The molecule has 0 bridgehead atoms. The SMILES string of the molecule is Cc1nc(NC(=O)c2cc3ccccc3oc2=O)sc1CC(=O)O. The number of nitrogens with zero attached hydrogens (tertiary/aromatic N) is 1. The molecule has 0 radical (unpaired) electrons. The molecule has 122 valence electrons. The summed E-state index contributed by atoms with van der Waals surface area (Å²) in [5.41, 5.74) is 0.0442. The number of carboxylic acids is 1. The summed E-state index contributed by atoms with van der Waals surface area (Å²) in [5, 5.41) is 12.2. The molecule has 24 heavy (non-hydrogen) atoms. The fraction of sp³-hybridized carbons (Fsp3) is 0.125. The number of thiazole rings is 1. The Hall–Kier alpha value is -3.00. The molecule has 3 aromatic rings. The van der Waals surface area contributed by atoms with Crippen molar-refractivity contribution in [1.82, 2.24) is 4.98 Å². The van der Waals surface area contributed by atoms with Crippen LogP contribution in [0.3, 0.4) is 0 Å². The van der Waals surface area contributed by atoms with Crippen molar-refractivity contribution in [3.63, 3.8) is 0 Å². The lowest BCUT2D eigenvalue weighted by molar-refractivity contribution is -0.136. The second-order valence-corrected chi connectivity index (χ2v) is 6.12. The average Bonchev–Trinajstić information content (AvgIpc) is 2.85. The molecule has 1 amide bonds. The third kappa shape index (κ3) is 3.18. The van der Waals surface area contributed by atoms with Crippen molar-refractivity contribution in [3.05, 3.63) is 56.9 Å². The van der Waals surface area contributed by atoms with Gasteiger partial charge in [-0.05, 0) is 19.1 Å². The number of hydrogen-bond acceptors (Lipinski definition) is 6. The Morgan fingerprint density at radius 3 is 2.83 bits per heavy atom. The molecule has 3 rings (SSSR count). The number of benzene rings is 1. The number of amides is 1. The van der Waals surface area contributed by atoms with Gasteiger partial charge in [0.15, 0.2) is 5.13 Å². The molecule has 0 fully saturated rings. The van der Waals surface area contributed by atoms with Gasteiger partial charge < -0.3 is 9.52 Å². The van der Waals surface area contributed by atoms with Crippen LogP contribution in [0.2, 0.25) is 0 Å². The number of carboxylic acid groups (broad SMARTS) is 1. The summed E-state index contributed by atoms with van der Waals surface area (Å²) in [4.78, 5) is 39.7. The zero-order valence-corrected chi connectivity index (χ0v) is 13.3. The summed E-state index contributed by atoms with van der Waals surface area (Å²) in [7, 11) is 0. The largest absolute Gasteiger partial charge is 0.481 e. The highest BCUT2D eigenvalue weighted by atomic mass is 32.1. The zero-order chi connectivity index (χ0) is 17.3. The van der Waals surface area contributed by atoms with Crippen molar-refractivity contribution in [3.8, 4) is 0 Å². The van der Waals surface area contributed by atoms with Crippen molar-refractivity contribution in [2.45, 2.75) is 13.3 Å². The summed E-state index contributed by atoms with van der Waals surface area (Å²) < 4.78 is 5.12. The molecule has 0 aliphatic heterocycles. The smallest absolute Gasteiger partial charge is 0.349 e. The summed E-state index contributed by atoms with van der Waals surface area (Å²) in [6.07, 6.45) is -0.169. The van der Waals surface area contributed by atoms with Crippen LogP contribution in [0.1, 0.15) is 20.9 Å². The standard InChI is InChI=1S/C16H12N2O5S/c1-8-12(7-13(19)20)24-16(17-8)18-14(21)10-6-9-4-2-3-5-11(9)23-15(10)22/h2-6H,7H2,1H3,(H,19,20)(H,17,18,21). The van der Waals surface area contributed by atoms with Crippen LogP contribution in [0, 0.1) is 6.92 Å². The molecule has 0 aliphatic carbocycles. The Labute approximate surface area is 139 Å². The van der Waals surface area contributed by atoms with Crippen LogP contribution in [0.5, 0.6) is 0 Å². The van der Waals surface area contributed by atoms with Crippen molar-refractivity contribution >= 4 is 39.3 Å². The summed E-state index contributed by atoms with van der Waals surface area (Å²) in [6.45, 7) is 1.66. The van der Waals surface area contributed by atoms with Gasteiger partial charge in [0.1, 0.15) is 11.1 Å². The van der Waals surface area contributed by atoms with E-state index in [1.807, 2.05) is 0 Å². The Morgan fingerprint density at radius 2 is 2.08 bits per heavy atom. The van der Waals surface area contributed by atoms with Crippen molar-refractivity contribution in [2.24, 2.45) is 0 Å². The van der Waals surface area contributed by atoms with Crippen LogP contribution in [-0.4, -0.2) is 22.0 Å². The number of nitrogens with one attached hydrogen (secondary N) is 1. The monoisotopic (exact) mass is 344 g/mol. The molecule has 0 saturated heterocycles. The number of carbonyl (C=O) groups is 2. The van der Waals surface area contributed by atoms with E-state index in [1.165, 1.54) is 6.07 Å². The van der Waals surface area contributed by atoms with Gasteiger partial charge in [-0.1, -0.05) is 18.2 Å². The van der Waals surface area contributed by atoms with Gasteiger partial charge in [-0.3, -0.25) is 14.9 Å². The minimum absolute atomic E-state index is 0.138. The van der Waals surface area contributed by atoms with Crippen LogP contribution in [0.4, 0.5) is 5.13 Å². The molecule has 8 heteroatoms. The molecule has 7 nitrogen and oxygen atoms in total. The first-order valence-corrected chi connectivity index (χ1v) is 7.78. The lowest BCUT2D eigenvalue weighted by Gasteiger charge is -2.02. The zero-order valence-electron chi connectivity index (χ0n) is 12.5. The highest BCUT2D eigenvalue weighted by Gasteiger charge is 2.17. The molecule has 2 aromatic heterocycles. The maximum Gasteiger partial charge on any atom is 0.349 e. The number of fused-ring (bicyclic) bond motifs is 1. The highest BCUT2D eigenvalue weighted by Crippen LogP contribution is 2.23. The van der Waals surface area contributed by atoms with Crippen LogP contribution in [0.25, 0.3) is 11.0 Å². The molecule has 2 N–H and O–H groups in total. The third-order valence-corrected chi connectivity index (χ3v) is 4.38. The molecule has 2 heterocycles. The first kappa shape index (κ1) is 15.9. The summed E-state index contributed by atoms with van der Waals surface area (Å²) in [5.74, 6) is -1.63. The number of rotatable bonds is 4. The van der Waals surface area contributed by atoms with E-state index in [2.05, 4.69) is 10.3 Å². The van der Waals surface area contributed by atoms with E-state index < -0.39 is 17.5 Å². The maximum absolute atomic E-state index is 12.3. The molecule has 0 saturated carbocycles. The van der Waals surface area contributed by atoms with Crippen LogP contribution in [-0.2, 0) is 11.2 Å². The van der Waals surface area contributed by atoms with Crippen molar-refractivity contribution < 1.29 is 19.1 Å². The van der Waals surface area contributed by atoms with E-state index in [4.69, 9.17) is 9.52 Å². The quantitative estimate of drug-likeness (QED) is 0.704. The lowest BCUT2D eigenvalue weighted by Crippen LogP contribution is -2.20. The minimum Gasteiger partial charge on any atom is -0.481 e. The minimum atomic E-state index is -0.977. The first-order chi connectivity index (χ1) is 11.4. The van der Waals surface area contributed by atoms with Gasteiger partial charge in [-0.15, -0.1) is 11.3 Å². The number of aliphatic carboxylic acids is 1. The van der Waals surface area contributed by atoms with E-state index in [0.717, 1.165) is 11.3 Å². The van der Waals surface area contributed by atoms with Crippen molar-refractivity contribution in [1.29, 1.82) is 0 Å². The first-order valence-electron chi connectivity index (χ1n) is 6.96. The van der Waals surface area contributed by atoms with Gasteiger partial charge in [0.05, 0.1) is 12.1 Å². The number of hydrogen-bond donors (Lipinski definition) is 2. The molecular formula is C16H12N2O5S. The molecule has 0 atom stereocenters. The average molecular weight is 344 g/mol. The Morgan fingerprint density at radius 1 is 1.33 bits per heavy atom. The Balaban J connectivity index is 1.89. The predicted octanol–water partition coefficient (Wildman–Crippen LogP) is 2.44. The Kier molecular flexibility index (Phi) is 4.13. The van der Waals surface area contributed by atoms with Gasteiger partial charge in [0.2, 0.25) is 0 Å². The summed E-state index contributed by atoms with van der Waals surface area (Å²) in [6, 6.07) is 8.32.